The van der Waals surface area contributed by atoms with Gasteiger partial charge < -0.3 is 14.6 Å². The van der Waals surface area contributed by atoms with E-state index in [0.717, 1.165) is 5.56 Å². The van der Waals surface area contributed by atoms with Crippen molar-refractivity contribution < 1.29 is 19.4 Å². The number of aryl methyl sites for hydroxylation is 1. The summed E-state index contributed by atoms with van der Waals surface area (Å²) in [4.78, 5) is 13.9. The molecule has 0 unspecified atom stereocenters. The highest BCUT2D eigenvalue weighted by Gasteiger charge is 2.04. The Balaban J connectivity index is 2.95. The molecule has 17 heavy (non-hydrogen) atoms. The van der Waals surface area contributed by atoms with Gasteiger partial charge in [-0.3, -0.25) is 9.79 Å². The molecule has 0 aromatic heterocycles. The summed E-state index contributed by atoms with van der Waals surface area (Å²) in [6.45, 7) is 1.72. The van der Waals surface area contributed by atoms with Gasteiger partial charge in [-0.25, -0.2) is 0 Å². The lowest BCUT2D eigenvalue weighted by Gasteiger charge is -2.20. The van der Waals surface area contributed by atoms with Gasteiger partial charge in [0.25, 0.3) is 0 Å². The third-order valence-electron chi connectivity index (χ3n) is 2.04. The van der Waals surface area contributed by atoms with Gasteiger partial charge in [0, 0.05) is 18.4 Å². The molecule has 5 nitrogen and oxygen atoms in total. The van der Waals surface area contributed by atoms with Crippen molar-refractivity contribution in [2.24, 2.45) is 4.99 Å². The lowest BCUT2D eigenvalue weighted by atomic mass is 10.1. The molecule has 6 heteroatoms. The lowest BCUT2D eigenvalue weighted by Crippen LogP contribution is -2.25. The fourth-order valence-electron chi connectivity index (χ4n) is 1.25. The monoisotopic (exact) mass is 232 g/mol. The second-order valence-electron chi connectivity index (χ2n) is 3.26. The van der Waals surface area contributed by atoms with Crippen LogP contribution in [0.3, 0.4) is 0 Å². The molecule has 0 amide bonds. The SMILES string of the molecule is [B]C(=O)OCc1cccc(C)c1OC([O-])=NC. The van der Waals surface area contributed by atoms with Crippen molar-refractivity contribution >= 4 is 19.8 Å². The van der Waals surface area contributed by atoms with Crippen LogP contribution in [0.5, 0.6) is 5.75 Å². The molecule has 0 aliphatic rings. The number of rotatable bonds is 3. The fraction of sp³-hybridized carbons (Fsp3) is 0.273. The molecule has 1 aromatic carbocycles. The number of carbonyl (C=O) groups is 1. The lowest BCUT2D eigenvalue weighted by molar-refractivity contribution is -0.240. The van der Waals surface area contributed by atoms with Gasteiger partial charge in [0.15, 0.2) is 0 Å². The third-order valence-corrected chi connectivity index (χ3v) is 2.04. The summed E-state index contributed by atoms with van der Waals surface area (Å²) >= 11 is 0. The predicted molar refractivity (Wildman–Crippen MR) is 61.1 cm³/mol. The van der Waals surface area contributed by atoms with Gasteiger partial charge in [0.2, 0.25) is 13.7 Å². The molecule has 88 valence electrons. The molecule has 0 aliphatic heterocycles. The van der Waals surface area contributed by atoms with E-state index in [4.69, 9.17) is 12.6 Å². The van der Waals surface area contributed by atoms with E-state index >= 15 is 0 Å². The van der Waals surface area contributed by atoms with Crippen LogP contribution in [0.1, 0.15) is 11.1 Å². The topological polar surface area (TPSA) is 71.0 Å². The summed E-state index contributed by atoms with van der Waals surface area (Å²) in [7, 11) is 6.20. The Labute approximate surface area is 100 Å². The molecule has 2 radical (unpaired) electrons. The van der Waals surface area contributed by atoms with Crippen molar-refractivity contribution in [2.75, 3.05) is 7.05 Å². The summed E-state index contributed by atoms with van der Waals surface area (Å²) in [5.74, 6) is -0.548. The van der Waals surface area contributed by atoms with Crippen molar-refractivity contribution in [2.45, 2.75) is 13.5 Å². The van der Waals surface area contributed by atoms with Crippen molar-refractivity contribution in [1.29, 1.82) is 0 Å². The zero-order chi connectivity index (χ0) is 12.8. The molecule has 1 aromatic rings. The summed E-state index contributed by atoms with van der Waals surface area (Å²) in [5.41, 5.74) is 1.30. The van der Waals surface area contributed by atoms with E-state index in [1.165, 1.54) is 7.05 Å². The number of para-hydroxylation sites is 1. The molecular formula is C11H11BNO4-. The van der Waals surface area contributed by atoms with Crippen LogP contribution in [0.4, 0.5) is 4.79 Å². The van der Waals surface area contributed by atoms with E-state index in [0.29, 0.717) is 11.3 Å². The molecule has 0 bridgehead atoms. The first-order valence-corrected chi connectivity index (χ1v) is 4.87. The summed E-state index contributed by atoms with van der Waals surface area (Å²) in [6.07, 6.45) is -0.709. The van der Waals surface area contributed by atoms with E-state index in [9.17, 15) is 9.90 Å². The Morgan fingerprint density at radius 2 is 2.24 bits per heavy atom. The van der Waals surface area contributed by atoms with Crippen molar-refractivity contribution in [3.63, 3.8) is 0 Å². The van der Waals surface area contributed by atoms with Crippen molar-refractivity contribution in [1.82, 2.24) is 0 Å². The zero-order valence-corrected chi connectivity index (χ0v) is 9.60. The maximum absolute atomic E-state index is 11.1. The normalized spacial score (nSPS) is 11.1. The fourth-order valence-corrected chi connectivity index (χ4v) is 1.25. The van der Waals surface area contributed by atoms with Gasteiger partial charge in [-0.05, 0) is 12.5 Å². The van der Waals surface area contributed by atoms with Gasteiger partial charge >= 0.3 is 0 Å². The van der Waals surface area contributed by atoms with Gasteiger partial charge in [0.1, 0.15) is 12.7 Å². The Morgan fingerprint density at radius 1 is 1.53 bits per heavy atom. The zero-order valence-electron chi connectivity index (χ0n) is 9.60. The standard InChI is InChI=1S/C11H12BNO4/c1-7-4-3-5-8(6-16-10(12)14)9(7)17-11(15)13-2/h3-5H,6H2,1-2H3,(H,13,15)/p-1. The van der Waals surface area contributed by atoms with E-state index in [1.807, 2.05) is 0 Å². The molecule has 0 aliphatic carbocycles. The molecule has 0 saturated heterocycles. The Hall–Kier alpha value is -1.98. The highest BCUT2D eigenvalue weighted by molar-refractivity contribution is 6.55. The van der Waals surface area contributed by atoms with Crippen LogP contribution in [0.15, 0.2) is 23.2 Å². The second-order valence-corrected chi connectivity index (χ2v) is 3.26. The molecule has 0 saturated carbocycles. The predicted octanol–water partition coefficient (Wildman–Crippen LogP) is 0.525. The van der Waals surface area contributed by atoms with Crippen LogP contribution in [0, 0.1) is 6.92 Å². The number of carbonyl (C=O) groups excluding carboxylic acids is 1. The van der Waals surface area contributed by atoms with Gasteiger partial charge in [-0.2, -0.15) is 0 Å². The molecule has 0 spiro atoms. The molecule has 0 N–H and O–H groups in total. The van der Waals surface area contributed by atoms with Crippen LogP contribution >= 0.6 is 0 Å². The highest BCUT2D eigenvalue weighted by atomic mass is 16.6. The number of nitrogens with zero attached hydrogens (tertiary/aromatic N) is 1. The number of ether oxygens (including phenoxy) is 2. The van der Waals surface area contributed by atoms with Crippen molar-refractivity contribution in [3.05, 3.63) is 29.3 Å². The van der Waals surface area contributed by atoms with Crippen molar-refractivity contribution in [3.8, 4) is 5.75 Å². The third kappa shape index (κ3) is 3.83. The van der Waals surface area contributed by atoms with E-state index < -0.39 is 12.0 Å². The van der Waals surface area contributed by atoms with Gasteiger partial charge in [-0.15, -0.1) is 0 Å². The summed E-state index contributed by atoms with van der Waals surface area (Å²) < 4.78 is 9.68. The average Bonchev–Trinajstić information content (AvgIpc) is 2.29. The number of hydrogen-bond donors (Lipinski definition) is 0. The van der Waals surface area contributed by atoms with Crippen LogP contribution < -0.4 is 9.84 Å². The number of aliphatic imine (C=N–C) groups is 1. The van der Waals surface area contributed by atoms with Crippen LogP contribution in [0.2, 0.25) is 0 Å². The Bertz CT molecular complexity index is 445. The van der Waals surface area contributed by atoms with E-state index in [-0.39, 0.29) is 6.61 Å². The second kappa shape index (κ2) is 5.93. The van der Waals surface area contributed by atoms with E-state index in [1.54, 1.807) is 25.1 Å². The largest absolute Gasteiger partial charge is 0.566 e. The van der Waals surface area contributed by atoms with Gasteiger partial charge in [0.05, 0.1) is 0 Å². The minimum atomic E-state index is -0.885. The first-order valence-electron chi connectivity index (χ1n) is 4.87. The molecule has 1 rings (SSSR count). The first kappa shape index (κ1) is 13.1. The smallest absolute Gasteiger partial charge is 0.236 e. The van der Waals surface area contributed by atoms with E-state index in [2.05, 4.69) is 9.73 Å². The van der Waals surface area contributed by atoms with Gasteiger partial charge in [-0.1, -0.05) is 18.2 Å². The van der Waals surface area contributed by atoms with Crippen LogP contribution in [-0.2, 0) is 11.3 Å². The molecule has 0 fully saturated rings. The molecular weight excluding hydrogens is 221 g/mol. The maximum Gasteiger partial charge on any atom is 0.236 e. The maximum atomic E-state index is 11.1. The Kier molecular flexibility index (Phi) is 4.57. The average molecular weight is 232 g/mol. The minimum absolute atomic E-state index is 0.0522. The first-order chi connectivity index (χ1) is 8.04. The minimum Gasteiger partial charge on any atom is -0.566 e. The number of benzene rings is 1. The number of hydrogen-bond acceptors (Lipinski definition) is 5. The highest BCUT2D eigenvalue weighted by Crippen LogP contribution is 2.24. The molecule has 0 heterocycles. The van der Waals surface area contributed by atoms with Crippen LogP contribution in [-0.4, -0.2) is 26.8 Å². The molecule has 0 atom stereocenters. The summed E-state index contributed by atoms with van der Waals surface area (Å²) in [6, 6.07) is 5.20. The Morgan fingerprint density at radius 3 is 2.82 bits per heavy atom. The quantitative estimate of drug-likeness (QED) is 0.432. The van der Waals surface area contributed by atoms with Crippen LogP contribution in [0.25, 0.3) is 0 Å². The summed E-state index contributed by atoms with van der Waals surface area (Å²) in [5, 5.41) is 11.1.